The standard InChI is InChI=1S/C14H11N3O/c1-9-12-11(8-18)7-15-14(12)17-13(16-9)10-5-3-2-4-6-10/h2-8H,1H3,(H,15,16,17). The van der Waals surface area contributed by atoms with Crippen molar-refractivity contribution in [3.8, 4) is 11.4 Å². The van der Waals surface area contributed by atoms with Gasteiger partial charge < -0.3 is 4.98 Å². The van der Waals surface area contributed by atoms with Gasteiger partial charge in [-0.05, 0) is 6.92 Å². The molecule has 0 aliphatic carbocycles. The lowest BCUT2D eigenvalue weighted by molar-refractivity contribution is 0.112. The summed E-state index contributed by atoms with van der Waals surface area (Å²) in [5.74, 6) is 0.667. The third kappa shape index (κ3) is 1.59. The number of carbonyl (C=O) groups excluding carboxylic acids is 1. The molecule has 0 atom stereocenters. The molecular formula is C14H11N3O. The van der Waals surface area contributed by atoms with E-state index in [1.54, 1.807) is 6.20 Å². The molecule has 1 N–H and O–H groups in total. The number of aromatic amines is 1. The highest BCUT2D eigenvalue weighted by Crippen LogP contribution is 2.22. The van der Waals surface area contributed by atoms with Crippen LogP contribution in [0.4, 0.5) is 0 Å². The van der Waals surface area contributed by atoms with E-state index in [4.69, 9.17) is 0 Å². The summed E-state index contributed by atoms with van der Waals surface area (Å²) in [6.45, 7) is 1.89. The Morgan fingerprint density at radius 3 is 2.67 bits per heavy atom. The van der Waals surface area contributed by atoms with E-state index in [2.05, 4.69) is 15.0 Å². The molecule has 88 valence electrons. The molecule has 3 aromatic rings. The number of nitrogens with one attached hydrogen (secondary N) is 1. The maximum Gasteiger partial charge on any atom is 0.161 e. The summed E-state index contributed by atoms with van der Waals surface area (Å²) in [5.41, 5.74) is 3.07. The van der Waals surface area contributed by atoms with Gasteiger partial charge in [-0.15, -0.1) is 0 Å². The van der Waals surface area contributed by atoms with Crippen molar-refractivity contribution in [2.24, 2.45) is 0 Å². The summed E-state index contributed by atoms with van der Waals surface area (Å²) in [6.07, 6.45) is 2.48. The molecule has 0 bridgehead atoms. The van der Waals surface area contributed by atoms with E-state index in [1.165, 1.54) is 0 Å². The molecule has 0 saturated heterocycles. The first-order chi connectivity index (χ1) is 8.79. The Bertz CT molecular complexity index is 716. The largest absolute Gasteiger partial charge is 0.345 e. The van der Waals surface area contributed by atoms with Crippen molar-refractivity contribution < 1.29 is 4.79 Å². The predicted octanol–water partition coefficient (Wildman–Crippen LogP) is 2.75. The first-order valence-electron chi connectivity index (χ1n) is 5.66. The normalized spacial score (nSPS) is 10.7. The van der Waals surface area contributed by atoms with Crippen LogP contribution in [-0.4, -0.2) is 21.2 Å². The average Bonchev–Trinajstić information content (AvgIpc) is 2.83. The molecule has 0 spiro atoms. The number of hydrogen-bond acceptors (Lipinski definition) is 3. The molecule has 3 rings (SSSR count). The van der Waals surface area contributed by atoms with Crippen molar-refractivity contribution in [1.29, 1.82) is 0 Å². The SMILES string of the molecule is Cc1nc(-c2ccccc2)nc2[nH]cc(C=O)c12. The minimum absolute atomic E-state index is 0.599. The van der Waals surface area contributed by atoms with E-state index in [0.717, 1.165) is 22.9 Å². The van der Waals surface area contributed by atoms with Crippen LogP contribution < -0.4 is 0 Å². The Kier molecular flexibility index (Phi) is 2.41. The number of hydrogen-bond donors (Lipinski definition) is 1. The number of aryl methyl sites for hydroxylation is 1. The Labute approximate surface area is 104 Å². The van der Waals surface area contributed by atoms with Crippen molar-refractivity contribution in [2.75, 3.05) is 0 Å². The topological polar surface area (TPSA) is 58.6 Å². The summed E-state index contributed by atoms with van der Waals surface area (Å²) in [4.78, 5) is 22.8. The molecule has 0 amide bonds. The summed E-state index contributed by atoms with van der Waals surface area (Å²) < 4.78 is 0. The highest BCUT2D eigenvalue weighted by Gasteiger charge is 2.11. The highest BCUT2D eigenvalue weighted by atomic mass is 16.1. The van der Waals surface area contributed by atoms with Crippen LogP contribution in [0.5, 0.6) is 0 Å². The van der Waals surface area contributed by atoms with Gasteiger partial charge in [0.1, 0.15) is 5.65 Å². The lowest BCUT2D eigenvalue weighted by atomic mass is 10.2. The van der Waals surface area contributed by atoms with Gasteiger partial charge in [0.05, 0.1) is 11.1 Å². The Morgan fingerprint density at radius 2 is 1.94 bits per heavy atom. The molecule has 4 nitrogen and oxygen atoms in total. The molecule has 0 aliphatic rings. The molecular weight excluding hydrogens is 226 g/mol. The third-order valence-corrected chi connectivity index (χ3v) is 2.90. The van der Waals surface area contributed by atoms with Crippen LogP contribution in [-0.2, 0) is 0 Å². The number of H-pyrrole nitrogens is 1. The molecule has 1 aromatic carbocycles. The number of fused-ring (bicyclic) bond motifs is 1. The van der Waals surface area contributed by atoms with Gasteiger partial charge in [-0.1, -0.05) is 30.3 Å². The second-order valence-corrected chi connectivity index (χ2v) is 4.08. The molecule has 0 radical (unpaired) electrons. The van der Waals surface area contributed by atoms with Crippen LogP contribution in [0.2, 0.25) is 0 Å². The van der Waals surface area contributed by atoms with Gasteiger partial charge in [0, 0.05) is 17.3 Å². The van der Waals surface area contributed by atoms with Crippen molar-refractivity contribution in [1.82, 2.24) is 15.0 Å². The van der Waals surface area contributed by atoms with Crippen LogP contribution in [0.25, 0.3) is 22.4 Å². The van der Waals surface area contributed by atoms with E-state index in [9.17, 15) is 4.79 Å². The van der Waals surface area contributed by atoms with E-state index in [-0.39, 0.29) is 0 Å². The Balaban J connectivity index is 2.26. The molecule has 4 heteroatoms. The van der Waals surface area contributed by atoms with Crippen molar-refractivity contribution in [3.05, 3.63) is 47.8 Å². The average molecular weight is 237 g/mol. The van der Waals surface area contributed by atoms with E-state index < -0.39 is 0 Å². The minimum atomic E-state index is 0.599. The first kappa shape index (κ1) is 10.7. The number of aromatic nitrogens is 3. The Hall–Kier alpha value is -2.49. The van der Waals surface area contributed by atoms with Crippen molar-refractivity contribution in [2.45, 2.75) is 6.92 Å². The van der Waals surface area contributed by atoms with Crippen LogP contribution in [0, 0.1) is 6.92 Å². The molecule has 0 fully saturated rings. The van der Waals surface area contributed by atoms with E-state index in [0.29, 0.717) is 17.0 Å². The molecule has 0 saturated carbocycles. The number of aldehydes is 1. The number of benzene rings is 1. The van der Waals surface area contributed by atoms with Gasteiger partial charge >= 0.3 is 0 Å². The second-order valence-electron chi connectivity index (χ2n) is 4.08. The van der Waals surface area contributed by atoms with Crippen molar-refractivity contribution >= 4 is 17.3 Å². The number of nitrogens with zero attached hydrogens (tertiary/aromatic N) is 2. The maximum absolute atomic E-state index is 10.9. The molecule has 2 aromatic heterocycles. The van der Waals surface area contributed by atoms with Gasteiger partial charge in [-0.3, -0.25) is 4.79 Å². The zero-order valence-corrected chi connectivity index (χ0v) is 9.84. The number of rotatable bonds is 2. The van der Waals surface area contributed by atoms with Gasteiger partial charge in [-0.25, -0.2) is 9.97 Å². The summed E-state index contributed by atoms with van der Waals surface area (Å²) in [5, 5.41) is 0.796. The van der Waals surface area contributed by atoms with Crippen LogP contribution in [0.1, 0.15) is 16.1 Å². The Morgan fingerprint density at radius 1 is 1.17 bits per heavy atom. The maximum atomic E-state index is 10.9. The quantitative estimate of drug-likeness (QED) is 0.697. The third-order valence-electron chi connectivity index (χ3n) is 2.90. The predicted molar refractivity (Wildman–Crippen MR) is 69.4 cm³/mol. The van der Waals surface area contributed by atoms with Gasteiger partial charge in [0.25, 0.3) is 0 Å². The van der Waals surface area contributed by atoms with Gasteiger partial charge in [0.15, 0.2) is 12.1 Å². The fraction of sp³-hybridized carbons (Fsp3) is 0.0714. The van der Waals surface area contributed by atoms with Crippen molar-refractivity contribution in [3.63, 3.8) is 0 Å². The fourth-order valence-electron chi connectivity index (χ4n) is 2.05. The molecule has 0 unspecified atom stereocenters. The monoisotopic (exact) mass is 237 g/mol. The molecule has 0 aliphatic heterocycles. The summed E-state index contributed by atoms with van der Waals surface area (Å²) in [6, 6.07) is 9.77. The van der Waals surface area contributed by atoms with Gasteiger partial charge in [0.2, 0.25) is 0 Å². The smallest absolute Gasteiger partial charge is 0.161 e. The minimum Gasteiger partial charge on any atom is -0.345 e. The molecule has 18 heavy (non-hydrogen) atoms. The second kappa shape index (κ2) is 4.07. The first-order valence-corrected chi connectivity index (χ1v) is 5.66. The number of carbonyl (C=O) groups is 1. The zero-order chi connectivity index (χ0) is 12.5. The van der Waals surface area contributed by atoms with Crippen LogP contribution in [0.15, 0.2) is 36.5 Å². The molecule has 2 heterocycles. The zero-order valence-electron chi connectivity index (χ0n) is 9.84. The van der Waals surface area contributed by atoms with E-state index >= 15 is 0 Å². The lowest BCUT2D eigenvalue weighted by Gasteiger charge is -2.02. The van der Waals surface area contributed by atoms with Crippen LogP contribution in [0.3, 0.4) is 0 Å². The van der Waals surface area contributed by atoms with E-state index in [1.807, 2.05) is 37.3 Å². The summed E-state index contributed by atoms with van der Waals surface area (Å²) in [7, 11) is 0. The highest BCUT2D eigenvalue weighted by molar-refractivity contribution is 5.97. The fourth-order valence-corrected chi connectivity index (χ4v) is 2.05. The van der Waals surface area contributed by atoms with Crippen LogP contribution >= 0.6 is 0 Å². The van der Waals surface area contributed by atoms with Gasteiger partial charge in [-0.2, -0.15) is 0 Å². The summed E-state index contributed by atoms with van der Waals surface area (Å²) >= 11 is 0. The lowest BCUT2D eigenvalue weighted by Crippen LogP contribution is -1.94.